The molecule has 2 fully saturated rings. The average Bonchev–Trinajstić information content (AvgIpc) is 2.71. The highest BCUT2D eigenvalue weighted by molar-refractivity contribution is 7.91. The van der Waals surface area contributed by atoms with Crippen LogP contribution in [-0.2, 0) is 9.84 Å². The summed E-state index contributed by atoms with van der Waals surface area (Å²) in [6, 6.07) is 8.74. The van der Waals surface area contributed by atoms with Crippen molar-refractivity contribution >= 4 is 9.84 Å². The van der Waals surface area contributed by atoms with E-state index in [0.717, 1.165) is 38.5 Å². The van der Waals surface area contributed by atoms with Crippen LogP contribution in [0.2, 0.25) is 0 Å². The number of halogens is 1. The van der Waals surface area contributed by atoms with E-state index in [1.807, 2.05) is 0 Å². The van der Waals surface area contributed by atoms with Crippen molar-refractivity contribution in [1.82, 2.24) is 0 Å². The van der Waals surface area contributed by atoms with Crippen LogP contribution in [-0.4, -0.2) is 27.3 Å². The van der Waals surface area contributed by atoms with E-state index < -0.39 is 9.84 Å². The largest absolute Gasteiger partial charge is 0.489 e. The van der Waals surface area contributed by atoms with Gasteiger partial charge in [-0.05, 0) is 61.8 Å². The number of benzene rings is 1. The molecular formula is C21H27FN2O3S. The Labute approximate surface area is 166 Å². The molecule has 0 spiro atoms. The fraction of sp³-hybridized carbons (Fsp3) is 0.571. The van der Waals surface area contributed by atoms with Gasteiger partial charge in [-0.2, -0.15) is 5.26 Å². The van der Waals surface area contributed by atoms with E-state index >= 15 is 0 Å². The summed E-state index contributed by atoms with van der Waals surface area (Å²) in [4.78, 5) is 0.271. The van der Waals surface area contributed by atoms with Crippen LogP contribution in [0, 0.1) is 28.6 Å². The number of rotatable bonds is 7. The lowest BCUT2D eigenvalue weighted by atomic mass is 9.59. The minimum absolute atomic E-state index is 0.0312. The van der Waals surface area contributed by atoms with Crippen molar-refractivity contribution in [3.8, 4) is 11.8 Å². The van der Waals surface area contributed by atoms with Crippen LogP contribution in [0.4, 0.5) is 4.39 Å². The van der Waals surface area contributed by atoms with E-state index in [-0.39, 0.29) is 35.1 Å². The molecule has 7 heteroatoms. The molecular weight excluding hydrogens is 379 g/mol. The van der Waals surface area contributed by atoms with E-state index in [1.54, 1.807) is 12.1 Å². The third-order valence-corrected chi connectivity index (χ3v) is 8.10. The van der Waals surface area contributed by atoms with Crippen LogP contribution in [0.3, 0.4) is 0 Å². The van der Waals surface area contributed by atoms with E-state index in [0.29, 0.717) is 23.6 Å². The number of sulfone groups is 1. The van der Waals surface area contributed by atoms with Gasteiger partial charge < -0.3 is 10.5 Å². The standard InChI is InChI=1S/C21H27FN2O3S/c22-11-16(12-23)13-27-19-3-5-20(6-4-19)28(25,26)14-18-7-9-21(15-24)8-1-2-17(18)10-21/h3-6,11,17-18H,1-2,7-10,12-14,23H2/b16-11+. The number of fused-ring (bicyclic) bond motifs is 2. The third-order valence-electron chi connectivity index (χ3n) is 6.24. The predicted molar refractivity (Wildman–Crippen MR) is 105 cm³/mol. The molecule has 152 valence electrons. The minimum atomic E-state index is -3.41. The van der Waals surface area contributed by atoms with Gasteiger partial charge in [0.25, 0.3) is 0 Å². The summed E-state index contributed by atoms with van der Waals surface area (Å²) < 4.78 is 43.8. The highest BCUT2D eigenvalue weighted by Gasteiger charge is 2.44. The van der Waals surface area contributed by atoms with E-state index in [1.165, 1.54) is 12.1 Å². The Morgan fingerprint density at radius 3 is 2.71 bits per heavy atom. The van der Waals surface area contributed by atoms with Crippen LogP contribution in [0.5, 0.6) is 5.75 Å². The Kier molecular flexibility index (Phi) is 6.41. The Hall–Kier alpha value is -1.91. The van der Waals surface area contributed by atoms with Crippen LogP contribution in [0.1, 0.15) is 38.5 Å². The second-order valence-electron chi connectivity index (χ2n) is 8.06. The van der Waals surface area contributed by atoms with Gasteiger partial charge in [-0.25, -0.2) is 12.8 Å². The molecule has 2 N–H and O–H groups in total. The van der Waals surface area contributed by atoms with Crippen molar-refractivity contribution in [2.75, 3.05) is 18.9 Å². The maximum Gasteiger partial charge on any atom is 0.178 e. The first-order valence-electron chi connectivity index (χ1n) is 9.76. The topological polar surface area (TPSA) is 93.2 Å². The molecule has 0 aromatic heterocycles. The molecule has 1 aromatic rings. The summed E-state index contributed by atoms with van der Waals surface area (Å²) in [6.07, 6.45) is 5.84. The molecule has 2 saturated carbocycles. The first-order chi connectivity index (χ1) is 13.4. The van der Waals surface area contributed by atoms with Crippen molar-refractivity contribution < 1.29 is 17.5 Å². The maximum atomic E-state index is 12.9. The number of nitrogens with zero attached hydrogens (tertiary/aromatic N) is 1. The van der Waals surface area contributed by atoms with E-state index in [9.17, 15) is 18.1 Å². The maximum absolute atomic E-state index is 12.9. The fourth-order valence-corrected chi connectivity index (χ4v) is 6.29. The van der Waals surface area contributed by atoms with Crippen molar-refractivity contribution in [2.24, 2.45) is 23.0 Å². The van der Waals surface area contributed by atoms with Gasteiger partial charge in [-0.3, -0.25) is 0 Å². The number of hydrogen-bond acceptors (Lipinski definition) is 5. The third kappa shape index (κ3) is 4.56. The smallest absolute Gasteiger partial charge is 0.178 e. The van der Waals surface area contributed by atoms with Crippen LogP contribution in [0.15, 0.2) is 41.1 Å². The van der Waals surface area contributed by atoms with Crippen LogP contribution in [0.25, 0.3) is 0 Å². The number of ether oxygens (including phenoxy) is 1. The van der Waals surface area contributed by atoms with Gasteiger partial charge in [-0.15, -0.1) is 0 Å². The normalized spacial score (nSPS) is 27.8. The summed E-state index contributed by atoms with van der Waals surface area (Å²) in [5, 5.41) is 9.51. The van der Waals surface area contributed by atoms with Crippen molar-refractivity contribution in [1.29, 1.82) is 5.26 Å². The molecule has 3 rings (SSSR count). The van der Waals surface area contributed by atoms with E-state index in [4.69, 9.17) is 10.5 Å². The number of hydrogen-bond donors (Lipinski definition) is 1. The van der Waals surface area contributed by atoms with E-state index in [2.05, 4.69) is 6.07 Å². The van der Waals surface area contributed by atoms with Crippen LogP contribution >= 0.6 is 0 Å². The zero-order valence-electron chi connectivity index (χ0n) is 15.9. The summed E-state index contributed by atoms with van der Waals surface area (Å²) >= 11 is 0. The fourth-order valence-electron chi connectivity index (χ4n) is 4.54. The molecule has 3 unspecified atom stereocenters. The number of nitrogens with two attached hydrogens (primary N) is 1. The SMILES string of the molecule is N#CC12CCCC(C1)C(CS(=O)(=O)c1ccc(OC/C(=C/F)CN)cc1)CC2. The molecule has 0 amide bonds. The monoisotopic (exact) mass is 406 g/mol. The zero-order valence-corrected chi connectivity index (χ0v) is 16.8. The molecule has 0 heterocycles. The second-order valence-corrected chi connectivity index (χ2v) is 10.1. The molecule has 2 bridgehead atoms. The van der Waals surface area contributed by atoms with Crippen molar-refractivity contribution in [2.45, 2.75) is 43.4 Å². The molecule has 3 atom stereocenters. The van der Waals surface area contributed by atoms with Gasteiger partial charge in [0.1, 0.15) is 12.4 Å². The summed E-state index contributed by atoms with van der Waals surface area (Å²) in [7, 11) is -3.41. The van der Waals surface area contributed by atoms with Crippen molar-refractivity contribution in [3.05, 3.63) is 36.2 Å². The molecule has 28 heavy (non-hydrogen) atoms. The zero-order chi connectivity index (χ0) is 20.2. The molecule has 0 saturated heterocycles. The molecule has 5 nitrogen and oxygen atoms in total. The summed E-state index contributed by atoms with van der Waals surface area (Å²) in [5.41, 5.74) is 5.49. The first kappa shape index (κ1) is 20.8. The molecule has 0 radical (unpaired) electrons. The highest BCUT2D eigenvalue weighted by Crippen LogP contribution is 2.51. The lowest BCUT2D eigenvalue weighted by molar-refractivity contribution is 0.0858. The Bertz CT molecular complexity index is 861. The molecule has 1 aromatic carbocycles. The Balaban J connectivity index is 1.64. The molecule has 2 aliphatic carbocycles. The van der Waals surface area contributed by atoms with Gasteiger partial charge in [0, 0.05) is 12.1 Å². The van der Waals surface area contributed by atoms with Crippen LogP contribution < -0.4 is 10.5 Å². The highest BCUT2D eigenvalue weighted by atomic mass is 32.2. The van der Waals surface area contributed by atoms with Gasteiger partial charge in [0.05, 0.1) is 28.5 Å². The quantitative estimate of drug-likeness (QED) is 0.744. The van der Waals surface area contributed by atoms with Gasteiger partial charge in [-0.1, -0.05) is 12.8 Å². The Morgan fingerprint density at radius 1 is 1.32 bits per heavy atom. The minimum Gasteiger partial charge on any atom is -0.489 e. The Morgan fingerprint density at radius 2 is 2.07 bits per heavy atom. The average molecular weight is 407 g/mol. The van der Waals surface area contributed by atoms with Gasteiger partial charge >= 0.3 is 0 Å². The van der Waals surface area contributed by atoms with Gasteiger partial charge in [0.2, 0.25) is 0 Å². The van der Waals surface area contributed by atoms with Crippen molar-refractivity contribution in [3.63, 3.8) is 0 Å². The first-order valence-corrected chi connectivity index (χ1v) is 11.4. The lowest BCUT2D eigenvalue weighted by Gasteiger charge is -2.44. The molecule has 2 aliphatic rings. The predicted octanol–water partition coefficient (Wildman–Crippen LogP) is 3.76. The summed E-state index contributed by atoms with van der Waals surface area (Å²) in [6.45, 7) is 0.0993. The number of nitriles is 1. The molecule has 0 aliphatic heterocycles. The second kappa shape index (κ2) is 8.62. The summed E-state index contributed by atoms with van der Waals surface area (Å²) in [5.74, 6) is 1.03. The van der Waals surface area contributed by atoms with Gasteiger partial charge in [0.15, 0.2) is 9.84 Å². The lowest BCUT2D eigenvalue weighted by Crippen LogP contribution is -2.39.